The Balaban J connectivity index is 1.07. The number of piperidine rings is 2. The highest BCUT2D eigenvalue weighted by Gasteiger charge is 2.44. The smallest absolute Gasteiger partial charge is 0.254 e. The van der Waals surface area contributed by atoms with Gasteiger partial charge in [0, 0.05) is 36.8 Å². The van der Waals surface area contributed by atoms with Gasteiger partial charge < -0.3 is 9.47 Å². The van der Waals surface area contributed by atoms with Crippen LogP contribution >= 0.6 is 0 Å². The molecule has 43 heavy (non-hydrogen) atoms. The highest BCUT2D eigenvalue weighted by Crippen LogP contribution is 2.45. The number of likely N-dealkylation sites (tertiary alicyclic amines) is 1. The Morgan fingerprint density at radius 1 is 0.837 bits per heavy atom. The zero-order valence-corrected chi connectivity index (χ0v) is 26.4. The minimum Gasteiger partial charge on any atom is -0.339 e. The molecule has 5 nitrogen and oxygen atoms in total. The first kappa shape index (κ1) is 28.3. The van der Waals surface area contributed by atoms with Crippen LogP contribution < -0.4 is 0 Å². The number of amides is 1. The van der Waals surface area contributed by atoms with Gasteiger partial charge in [0.2, 0.25) is 0 Å². The average Bonchev–Trinajstić information content (AvgIpc) is 3.46. The molecule has 3 aliphatic heterocycles. The molecule has 7 rings (SSSR count). The van der Waals surface area contributed by atoms with Crippen LogP contribution in [0.2, 0.25) is 0 Å². The second-order valence-electron chi connectivity index (χ2n) is 13.7. The van der Waals surface area contributed by atoms with E-state index in [1.165, 1.54) is 42.3 Å². The van der Waals surface area contributed by atoms with Crippen LogP contribution in [-0.2, 0) is 5.41 Å². The number of para-hydroxylation sites is 2. The third-order valence-corrected chi connectivity index (χ3v) is 11.1. The second kappa shape index (κ2) is 11.2. The monoisotopic (exact) mass is 574 g/mol. The Morgan fingerprint density at radius 2 is 1.47 bits per heavy atom. The first-order valence-corrected chi connectivity index (χ1v) is 16.4. The molecule has 2 bridgehead atoms. The van der Waals surface area contributed by atoms with Crippen LogP contribution in [0, 0.1) is 27.7 Å². The van der Waals surface area contributed by atoms with Crippen LogP contribution in [0.5, 0.6) is 0 Å². The SMILES string of the molecule is Cc1cc(C)c(C(=O)N2CCC(CCN3[C@@H]4CC[C@H]3C[C@@H](n3c(C)nc5ccccc53)C4)(c3ccccc3)CC2)c(C)c1. The van der Waals surface area contributed by atoms with Gasteiger partial charge in [0.15, 0.2) is 0 Å². The first-order valence-electron chi connectivity index (χ1n) is 16.4. The molecular weight excluding hydrogens is 528 g/mol. The predicted octanol–water partition coefficient (Wildman–Crippen LogP) is 7.70. The predicted molar refractivity (Wildman–Crippen MR) is 175 cm³/mol. The maximum Gasteiger partial charge on any atom is 0.254 e. The van der Waals surface area contributed by atoms with Crippen LogP contribution in [-0.4, -0.2) is 57.0 Å². The van der Waals surface area contributed by atoms with Crippen LogP contribution in [0.4, 0.5) is 0 Å². The van der Waals surface area contributed by atoms with Gasteiger partial charge in [-0.05, 0) is 113 Å². The van der Waals surface area contributed by atoms with Crippen molar-refractivity contribution in [1.29, 1.82) is 0 Å². The number of benzene rings is 3. The molecule has 4 heterocycles. The maximum absolute atomic E-state index is 13.7. The summed E-state index contributed by atoms with van der Waals surface area (Å²) in [7, 11) is 0. The zero-order chi connectivity index (χ0) is 29.7. The number of fused-ring (bicyclic) bond motifs is 3. The Morgan fingerprint density at radius 3 is 2.14 bits per heavy atom. The van der Waals surface area contributed by atoms with Gasteiger partial charge in [0.1, 0.15) is 5.82 Å². The molecule has 0 aliphatic carbocycles. The lowest BCUT2D eigenvalue weighted by Gasteiger charge is -2.46. The summed E-state index contributed by atoms with van der Waals surface area (Å²) in [6.45, 7) is 11.2. The lowest BCUT2D eigenvalue weighted by atomic mass is 9.70. The molecule has 4 aromatic rings. The molecule has 3 aliphatic rings. The molecule has 0 unspecified atom stereocenters. The summed E-state index contributed by atoms with van der Waals surface area (Å²) in [6.07, 6.45) is 8.26. The molecule has 3 atom stereocenters. The number of imidazole rings is 1. The van der Waals surface area contributed by atoms with Crippen molar-refractivity contribution in [2.45, 2.75) is 96.2 Å². The van der Waals surface area contributed by atoms with Crippen molar-refractivity contribution in [3.63, 3.8) is 0 Å². The molecule has 1 amide bonds. The third-order valence-electron chi connectivity index (χ3n) is 11.1. The van der Waals surface area contributed by atoms with E-state index in [4.69, 9.17) is 4.98 Å². The highest BCUT2D eigenvalue weighted by atomic mass is 16.2. The summed E-state index contributed by atoms with van der Waals surface area (Å²) in [6, 6.07) is 25.9. The number of carbonyl (C=O) groups excluding carboxylic acids is 1. The van der Waals surface area contributed by atoms with Gasteiger partial charge in [0.25, 0.3) is 5.91 Å². The molecule has 3 saturated heterocycles. The van der Waals surface area contributed by atoms with E-state index in [1.807, 2.05) is 0 Å². The van der Waals surface area contributed by atoms with Gasteiger partial charge in [-0.15, -0.1) is 0 Å². The molecule has 5 heteroatoms. The zero-order valence-electron chi connectivity index (χ0n) is 26.4. The summed E-state index contributed by atoms with van der Waals surface area (Å²) < 4.78 is 2.54. The lowest BCUT2D eigenvalue weighted by Crippen LogP contribution is -2.49. The molecule has 0 saturated carbocycles. The van der Waals surface area contributed by atoms with Gasteiger partial charge in [-0.1, -0.05) is 60.2 Å². The number of hydrogen-bond acceptors (Lipinski definition) is 3. The standard InChI is InChI=1S/C38H46N4O/c1-26-22-27(2)36(28(3)23-26)37(43)40-19-16-38(17-20-40,30-10-6-5-7-11-30)18-21-41-31-14-15-32(41)25-33(24-31)42-29(4)39-34-12-8-9-13-35(34)42/h5-13,22-23,31-33H,14-21,24-25H2,1-4H3/t31-,32+,33+. The lowest BCUT2D eigenvalue weighted by molar-refractivity contribution is 0.0606. The maximum atomic E-state index is 13.7. The fraction of sp³-hybridized carbons (Fsp3) is 0.474. The number of hydrogen-bond donors (Lipinski definition) is 0. The molecule has 3 fully saturated rings. The molecule has 0 spiro atoms. The van der Waals surface area contributed by atoms with Crippen LogP contribution in [0.1, 0.15) is 89.4 Å². The van der Waals surface area contributed by atoms with E-state index in [1.54, 1.807) is 0 Å². The van der Waals surface area contributed by atoms with Crippen molar-refractivity contribution in [1.82, 2.24) is 19.4 Å². The summed E-state index contributed by atoms with van der Waals surface area (Å²) in [4.78, 5) is 23.6. The number of aromatic nitrogens is 2. The molecule has 0 radical (unpaired) electrons. The highest BCUT2D eigenvalue weighted by molar-refractivity contribution is 5.97. The fourth-order valence-electron chi connectivity index (χ4n) is 9.08. The van der Waals surface area contributed by atoms with Crippen molar-refractivity contribution in [3.8, 4) is 0 Å². The minimum atomic E-state index is 0.114. The van der Waals surface area contributed by atoms with E-state index >= 15 is 0 Å². The van der Waals surface area contributed by atoms with Crippen LogP contribution in [0.3, 0.4) is 0 Å². The molecular formula is C38H46N4O. The third kappa shape index (κ3) is 5.10. The first-order chi connectivity index (χ1) is 20.8. The van der Waals surface area contributed by atoms with Crippen LogP contribution in [0.15, 0.2) is 66.7 Å². The quantitative estimate of drug-likeness (QED) is 0.237. The van der Waals surface area contributed by atoms with E-state index in [2.05, 4.69) is 109 Å². The Kier molecular flexibility index (Phi) is 7.41. The molecule has 224 valence electrons. The van der Waals surface area contributed by atoms with Gasteiger partial charge in [-0.25, -0.2) is 4.98 Å². The second-order valence-corrected chi connectivity index (χ2v) is 13.7. The van der Waals surface area contributed by atoms with E-state index in [9.17, 15) is 4.79 Å². The summed E-state index contributed by atoms with van der Waals surface area (Å²) in [5.41, 5.74) is 8.30. The minimum absolute atomic E-state index is 0.114. The molecule has 3 aromatic carbocycles. The van der Waals surface area contributed by atoms with Crippen molar-refractivity contribution < 1.29 is 4.79 Å². The number of aryl methyl sites for hydroxylation is 4. The Hall–Kier alpha value is -3.44. The molecule has 1 aromatic heterocycles. The van der Waals surface area contributed by atoms with E-state index in [0.29, 0.717) is 18.1 Å². The Bertz CT molecular complexity index is 1590. The summed E-state index contributed by atoms with van der Waals surface area (Å²) >= 11 is 0. The van der Waals surface area contributed by atoms with Gasteiger partial charge >= 0.3 is 0 Å². The topological polar surface area (TPSA) is 41.4 Å². The fourth-order valence-corrected chi connectivity index (χ4v) is 9.08. The van der Waals surface area contributed by atoms with Crippen molar-refractivity contribution in [2.24, 2.45) is 0 Å². The average molecular weight is 575 g/mol. The van der Waals surface area contributed by atoms with Gasteiger partial charge in [-0.2, -0.15) is 0 Å². The van der Waals surface area contributed by atoms with Gasteiger partial charge in [0.05, 0.1) is 11.0 Å². The van der Waals surface area contributed by atoms with Gasteiger partial charge in [-0.3, -0.25) is 9.69 Å². The van der Waals surface area contributed by atoms with Crippen molar-refractivity contribution in [3.05, 3.63) is 100 Å². The van der Waals surface area contributed by atoms with E-state index < -0.39 is 0 Å². The number of nitrogens with zero attached hydrogens (tertiary/aromatic N) is 4. The van der Waals surface area contributed by atoms with Crippen molar-refractivity contribution >= 4 is 16.9 Å². The summed E-state index contributed by atoms with van der Waals surface area (Å²) in [5.74, 6) is 1.36. The van der Waals surface area contributed by atoms with Crippen molar-refractivity contribution in [2.75, 3.05) is 19.6 Å². The Labute approximate surface area is 256 Å². The normalized spacial score (nSPS) is 23.6. The van der Waals surface area contributed by atoms with Crippen LogP contribution in [0.25, 0.3) is 11.0 Å². The number of rotatable bonds is 6. The van der Waals surface area contributed by atoms with E-state index in [0.717, 1.165) is 66.9 Å². The number of carbonyl (C=O) groups is 1. The largest absolute Gasteiger partial charge is 0.339 e. The molecule has 0 N–H and O–H groups in total. The van der Waals surface area contributed by atoms with E-state index in [-0.39, 0.29) is 11.3 Å². The summed E-state index contributed by atoms with van der Waals surface area (Å²) in [5, 5.41) is 0.